The molecule has 3 aromatic rings. The van der Waals surface area contributed by atoms with Crippen molar-refractivity contribution >= 4 is 11.8 Å². The van der Waals surface area contributed by atoms with Gasteiger partial charge < -0.3 is 9.15 Å². The first-order valence-corrected chi connectivity index (χ1v) is 8.81. The van der Waals surface area contributed by atoms with E-state index in [1.54, 1.807) is 6.92 Å². The molecular weight excluding hydrogens is 363 g/mol. The molecule has 0 saturated heterocycles. The Morgan fingerprint density at radius 1 is 1.04 bits per heavy atom. The number of aromatic nitrogens is 2. The normalized spacial score (nSPS) is 11.8. The molecule has 0 aliphatic rings. The Balaban J connectivity index is 1.53. The molecular formula is C21H19FN2O4. The topological polar surface area (TPSA) is 82.3 Å². The molecule has 1 aromatic heterocycles. The van der Waals surface area contributed by atoms with Crippen molar-refractivity contribution in [1.82, 2.24) is 10.2 Å². The molecule has 0 amide bonds. The summed E-state index contributed by atoms with van der Waals surface area (Å²) in [6, 6.07) is 12.8. The highest BCUT2D eigenvalue weighted by molar-refractivity contribution is 5.97. The Hall–Kier alpha value is -3.35. The van der Waals surface area contributed by atoms with E-state index in [0.717, 1.165) is 11.1 Å². The van der Waals surface area contributed by atoms with Crippen molar-refractivity contribution in [2.24, 2.45) is 0 Å². The van der Waals surface area contributed by atoms with E-state index in [1.165, 1.54) is 24.3 Å². The second kappa shape index (κ2) is 8.56. The van der Waals surface area contributed by atoms with E-state index in [2.05, 4.69) is 10.2 Å². The van der Waals surface area contributed by atoms with Crippen LogP contribution >= 0.6 is 0 Å². The summed E-state index contributed by atoms with van der Waals surface area (Å²) < 4.78 is 23.7. The van der Waals surface area contributed by atoms with Crippen LogP contribution in [0.15, 0.2) is 52.9 Å². The predicted octanol–water partition coefficient (Wildman–Crippen LogP) is 4.45. The first kappa shape index (κ1) is 19.4. The number of ketones is 1. The minimum atomic E-state index is -0.736. The highest BCUT2D eigenvalue weighted by atomic mass is 19.1. The van der Waals surface area contributed by atoms with Crippen LogP contribution in [0, 0.1) is 12.7 Å². The van der Waals surface area contributed by atoms with Crippen molar-refractivity contribution in [3.05, 3.63) is 71.4 Å². The van der Waals surface area contributed by atoms with Gasteiger partial charge in [-0.1, -0.05) is 17.7 Å². The van der Waals surface area contributed by atoms with Crippen LogP contribution in [0.3, 0.4) is 0 Å². The van der Waals surface area contributed by atoms with E-state index in [0.29, 0.717) is 11.5 Å². The Labute approximate surface area is 161 Å². The van der Waals surface area contributed by atoms with Crippen molar-refractivity contribution in [2.45, 2.75) is 32.8 Å². The lowest BCUT2D eigenvalue weighted by atomic mass is 10.1. The van der Waals surface area contributed by atoms with Crippen LogP contribution in [0.1, 0.15) is 47.7 Å². The van der Waals surface area contributed by atoms with E-state index in [9.17, 15) is 14.0 Å². The maximum atomic E-state index is 12.9. The van der Waals surface area contributed by atoms with Crippen molar-refractivity contribution in [3.63, 3.8) is 0 Å². The van der Waals surface area contributed by atoms with Gasteiger partial charge in [0.2, 0.25) is 5.89 Å². The third-order valence-corrected chi connectivity index (χ3v) is 4.12. The molecule has 0 unspecified atom stereocenters. The number of hydrogen-bond acceptors (Lipinski definition) is 6. The van der Waals surface area contributed by atoms with Crippen LogP contribution < -0.4 is 0 Å². The number of Topliss-reactive ketones (excluding diaryl/α,β-unsaturated/α-hetero) is 1. The summed E-state index contributed by atoms with van der Waals surface area (Å²) >= 11 is 0. The zero-order valence-electron chi connectivity index (χ0n) is 15.5. The summed E-state index contributed by atoms with van der Waals surface area (Å²) in [4.78, 5) is 24.0. The van der Waals surface area contributed by atoms with Crippen LogP contribution in [-0.2, 0) is 9.53 Å². The molecule has 0 spiro atoms. The lowest BCUT2D eigenvalue weighted by molar-refractivity contribution is -0.149. The minimum absolute atomic E-state index is 0.0321. The van der Waals surface area contributed by atoms with Gasteiger partial charge in [-0.05, 0) is 50.2 Å². The number of carbonyl (C=O) groups is 2. The maximum Gasteiger partial charge on any atom is 0.307 e. The van der Waals surface area contributed by atoms with Gasteiger partial charge in [0.15, 0.2) is 11.9 Å². The molecule has 0 bridgehead atoms. The second-order valence-corrected chi connectivity index (χ2v) is 6.37. The molecule has 1 atom stereocenters. The standard InChI is InChI=1S/C21H19FN2O4/c1-13-3-5-16(6-4-13)21-24-23-20(28-21)14(2)27-19(26)12-11-18(25)15-7-9-17(22)10-8-15/h3-10,14H,11-12H2,1-2H3/t14-/m1/s1. The van der Waals surface area contributed by atoms with E-state index in [-0.39, 0.29) is 24.5 Å². The van der Waals surface area contributed by atoms with Gasteiger partial charge in [-0.3, -0.25) is 9.59 Å². The molecule has 7 heteroatoms. The SMILES string of the molecule is Cc1ccc(-c2nnc([C@@H](C)OC(=O)CCC(=O)c3ccc(F)cc3)o2)cc1. The average molecular weight is 382 g/mol. The average Bonchev–Trinajstić information content (AvgIpc) is 3.17. The first-order valence-electron chi connectivity index (χ1n) is 8.81. The molecule has 6 nitrogen and oxygen atoms in total. The summed E-state index contributed by atoms with van der Waals surface area (Å²) in [5.74, 6) is -0.727. The Kier molecular flexibility index (Phi) is 5.93. The lowest BCUT2D eigenvalue weighted by Crippen LogP contribution is -2.11. The number of hydrogen-bond donors (Lipinski definition) is 0. The molecule has 0 radical (unpaired) electrons. The molecule has 0 aliphatic carbocycles. The predicted molar refractivity (Wildman–Crippen MR) is 98.9 cm³/mol. The molecule has 0 saturated carbocycles. The molecule has 0 aliphatic heterocycles. The summed E-state index contributed by atoms with van der Waals surface area (Å²) in [6.07, 6.45) is -0.866. The number of benzene rings is 2. The number of carbonyl (C=O) groups excluding carboxylic acids is 2. The largest absolute Gasteiger partial charge is 0.453 e. The molecule has 0 fully saturated rings. The van der Waals surface area contributed by atoms with Crippen LogP contribution in [0.25, 0.3) is 11.5 Å². The number of halogens is 1. The second-order valence-electron chi connectivity index (χ2n) is 6.37. The van der Waals surface area contributed by atoms with E-state index in [1.807, 2.05) is 31.2 Å². The van der Waals surface area contributed by atoms with Crippen LogP contribution in [0.5, 0.6) is 0 Å². The Bertz CT molecular complexity index is 965. The van der Waals surface area contributed by atoms with Gasteiger partial charge in [0, 0.05) is 17.5 Å². The number of aryl methyl sites for hydroxylation is 1. The molecule has 2 aromatic carbocycles. The third kappa shape index (κ3) is 4.88. The highest BCUT2D eigenvalue weighted by Crippen LogP contribution is 2.23. The summed E-state index contributed by atoms with van der Waals surface area (Å²) in [5.41, 5.74) is 2.23. The third-order valence-electron chi connectivity index (χ3n) is 4.12. The first-order chi connectivity index (χ1) is 13.4. The smallest absolute Gasteiger partial charge is 0.307 e. The van der Waals surface area contributed by atoms with E-state index < -0.39 is 17.9 Å². The fourth-order valence-corrected chi connectivity index (χ4v) is 2.51. The monoisotopic (exact) mass is 382 g/mol. The van der Waals surface area contributed by atoms with Gasteiger partial charge >= 0.3 is 5.97 Å². The van der Waals surface area contributed by atoms with Gasteiger partial charge in [-0.25, -0.2) is 4.39 Å². The van der Waals surface area contributed by atoms with Crippen molar-refractivity contribution < 1.29 is 23.1 Å². The zero-order chi connectivity index (χ0) is 20.1. The molecule has 28 heavy (non-hydrogen) atoms. The zero-order valence-corrected chi connectivity index (χ0v) is 15.5. The summed E-state index contributed by atoms with van der Waals surface area (Å²) in [5, 5.41) is 7.90. The van der Waals surface area contributed by atoms with Gasteiger partial charge in [-0.15, -0.1) is 10.2 Å². The van der Waals surface area contributed by atoms with Gasteiger partial charge in [-0.2, -0.15) is 0 Å². The number of rotatable bonds is 7. The summed E-state index contributed by atoms with van der Waals surface area (Å²) in [6.45, 7) is 3.59. The fraction of sp³-hybridized carbons (Fsp3) is 0.238. The maximum absolute atomic E-state index is 12.9. The van der Waals surface area contributed by atoms with E-state index in [4.69, 9.17) is 9.15 Å². The van der Waals surface area contributed by atoms with Gasteiger partial charge in [0.05, 0.1) is 6.42 Å². The Morgan fingerprint density at radius 2 is 1.71 bits per heavy atom. The quantitative estimate of drug-likeness (QED) is 0.443. The molecule has 144 valence electrons. The number of nitrogens with zero attached hydrogens (tertiary/aromatic N) is 2. The Morgan fingerprint density at radius 3 is 2.39 bits per heavy atom. The van der Waals surface area contributed by atoms with Gasteiger partial charge in [0.25, 0.3) is 5.89 Å². The van der Waals surface area contributed by atoms with Crippen molar-refractivity contribution in [3.8, 4) is 11.5 Å². The number of esters is 1. The molecule has 3 rings (SSSR count). The highest BCUT2D eigenvalue weighted by Gasteiger charge is 2.20. The van der Waals surface area contributed by atoms with Crippen molar-refractivity contribution in [2.75, 3.05) is 0 Å². The summed E-state index contributed by atoms with van der Waals surface area (Å²) in [7, 11) is 0. The molecule has 0 N–H and O–H groups in total. The number of ether oxygens (including phenoxy) is 1. The van der Waals surface area contributed by atoms with Crippen molar-refractivity contribution in [1.29, 1.82) is 0 Å². The van der Waals surface area contributed by atoms with Crippen LogP contribution in [-0.4, -0.2) is 21.9 Å². The minimum Gasteiger partial charge on any atom is -0.453 e. The lowest BCUT2D eigenvalue weighted by Gasteiger charge is -2.09. The van der Waals surface area contributed by atoms with Crippen LogP contribution in [0.2, 0.25) is 0 Å². The van der Waals surface area contributed by atoms with Crippen LogP contribution in [0.4, 0.5) is 4.39 Å². The molecule has 1 heterocycles. The van der Waals surface area contributed by atoms with E-state index >= 15 is 0 Å². The van der Waals surface area contributed by atoms with Gasteiger partial charge in [0.1, 0.15) is 5.82 Å². The fourth-order valence-electron chi connectivity index (χ4n) is 2.51.